The number of rotatable bonds is 5. The van der Waals surface area contributed by atoms with Gasteiger partial charge in [0.05, 0.1) is 11.1 Å². The molecule has 26 heavy (non-hydrogen) atoms. The fourth-order valence-corrected chi connectivity index (χ4v) is 3.76. The average Bonchev–Trinajstić information content (AvgIpc) is 2.90. The van der Waals surface area contributed by atoms with Crippen molar-refractivity contribution in [2.45, 2.75) is 39.7 Å². The number of carbonyl (C=O) groups excluding carboxylic acids is 3. The molecular formula is C20H27N3O3. The van der Waals surface area contributed by atoms with Gasteiger partial charge in [0.2, 0.25) is 0 Å². The Balaban J connectivity index is 1.65. The molecule has 1 fully saturated rings. The van der Waals surface area contributed by atoms with Gasteiger partial charge in [-0.3, -0.25) is 24.6 Å². The number of carbonyl (C=O) groups is 3. The molecule has 1 atom stereocenters. The lowest BCUT2D eigenvalue weighted by atomic mass is 9.94. The molecule has 0 radical (unpaired) electrons. The molecule has 1 aromatic rings. The zero-order valence-electron chi connectivity index (χ0n) is 15.7. The molecule has 0 spiro atoms. The highest BCUT2D eigenvalue weighted by atomic mass is 16.2. The van der Waals surface area contributed by atoms with Crippen LogP contribution in [0.2, 0.25) is 0 Å². The largest absolute Gasteiger partial charge is 0.350 e. The maximum atomic E-state index is 12.5. The minimum Gasteiger partial charge on any atom is -0.350 e. The van der Waals surface area contributed by atoms with Gasteiger partial charge in [-0.05, 0) is 56.0 Å². The van der Waals surface area contributed by atoms with Crippen molar-refractivity contribution in [2.24, 2.45) is 11.8 Å². The Morgan fingerprint density at radius 2 is 1.85 bits per heavy atom. The zero-order chi connectivity index (χ0) is 18.8. The Hall–Kier alpha value is -2.21. The van der Waals surface area contributed by atoms with Crippen molar-refractivity contribution in [3.8, 4) is 0 Å². The van der Waals surface area contributed by atoms with E-state index >= 15 is 0 Å². The molecule has 2 heterocycles. The van der Waals surface area contributed by atoms with Gasteiger partial charge in [-0.25, -0.2) is 0 Å². The van der Waals surface area contributed by atoms with E-state index in [9.17, 15) is 14.4 Å². The molecule has 2 aliphatic rings. The Morgan fingerprint density at radius 3 is 2.50 bits per heavy atom. The number of amides is 3. The van der Waals surface area contributed by atoms with Gasteiger partial charge in [0.1, 0.15) is 0 Å². The fraction of sp³-hybridized carbons (Fsp3) is 0.550. The van der Waals surface area contributed by atoms with Crippen molar-refractivity contribution >= 4 is 17.7 Å². The highest BCUT2D eigenvalue weighted by Gasteiger charge is 2.28. The van der Waals surface area contributed by atoms with Crippen molar-refractivity contribution < 1.29 is 14.4 Å². The van der Waals surface area contributed by atoms with Gasteiger partial charge in [0.25, 0.3) is 17.7 Å². The molecule has 0 aromatic heterocycles. The smallest absolute Gasteiger partial charge is 0.258 e. The molecule has 1 unspecified atom stereocenters. The Morgan fingerprint density at radius 1 is 1.19 bits per heavy atom. The second-order valence-electron chi connectivity index (χ2n) is 7.78. The van der Waals surface area contributed by atoms with Crippen LogP contribution in [-0.2, 0) is 0 Å². The first-order valence-electron chi connectivity index (χ1n) is 9.38. The first-order valence-corrected chi connectivity index (χ1v) is 9.38. The number of fused-ring (bicyclic) bond motifs is 1. The van der Waals surface area contributed by atoms with Crippen molar-refractivity contribution in [2.75, 3.05) is 19.6 Å². The molecule has 0 saturated carbocycles. The molecule has 2 aliphatic heterocycles. The monoisotopic (exact) mass is 357 g/mol. The van der Waals surface area contributed by atoms with E-state index in [0.717, 1.165) is 19.0 Å². The third-order valence-electron chi connectivity index (χ3n) is 5.53. The molecule has 3 rings (SSSR count). The number of piperidine rings is 1. The normalized spacial score (nSPS) is 19.4. The van der Waals surface area contributed by atoms with Crippen LogP contribution in [0.25, 0.3) is 0 Å². The summed E-state index contributed by atoms with van der Waals surface area (Å²) in [6, 6.07) is 4.93. The number of benzene rings is 1. The molecule has 3 amide bonds. The van der Waals surface area contributed by atoms with Crippen LogP contribution < -0.4 is 10.6 Å². The molecule has 0 aliphatic carbocycles. The fourth-order valence-electron chi connectivity index (χ4n) is 3.76. The van der Waals surface area contributed by atoms with Crippen LogP contribution in [0.1, 0.15) is 64.7 Å². The number of hydrogen-bond acceptors (Lipinski definition) is 4. The van der Waals surface area contributed by atoms with Crippen LogP contribution >= 0.6 is 0 Å². The van der Waals surface area contributed by atoms with Crippen LogP contribution in [0.3, 0.4) is 0 Å². The second kappa shape index (κ2) is 7.58. The maximum Gasteiger partial charge on any atom is 0.258 e. The van der Waals surface area contributed by atoms with E-state index in [1.165, 1.54) is 25.0 Å². The molecule has 0 bridgehead atoms. The predicted octanol–water partition coefficient (Wildman–Crippen LogP) is 2.06. The molecule has 2 N–H and O–H groups in total. The van der Waals surface area contributed by atoms with E-state index < -0.39 is 11.8 Å². The molecule has 1 aromatic carbocycles. The second-order valence-corrected chi connectivity index (χ2v) is 7.78. The van der Waals surface area contributed by atoms with Crippen molar-refractivity contribution in [3.63, 3.8) is 0 Å². The Bertz CT molecular complexity index is 721. The Kier molecular flexibility index (Phi) is 5.41. The van der Waals surface area contributed by atoms with E-state index in [2.05, 4.69) is 36.3 Å². The van der Waals surface area contributed by atoms with Crippen LogP contribution in [0.4, 0.5) is 0 Å². The summed E-state index contributed by atoms with van der Waals surface area (Å²) in [4.78, 5) is 38.4. The summed E-state index contributed by atoms with van der Waals surface area (Å²) >= 11 is 0. The molecule has 140 valence electrons. The topological polar surface area (TPSA) is 78.5 Å². The molecule has 6 heteroatoms. The first-order chi connectivity index (χ1) is 12.4. The third-order valence-corrected chi connectivity index (χ3v) is 5.53. The minimum atomic E-state index is -0.442. The number of nitrogens with zero attached hydrogens (tertiary/aromatic N) is 1. The van der Waals surface area contributed by atoms with Crippen LogP contribution in [-0.4, -0.2) is 48.3 Å². The number of hydrogen-bond donors (Lipinski definition) is 2. The zero-order valence-corrected chi connectivity index (χ0v) is 15.7. The van der Waals surface area contributed by atoms with Crippen LogP contribution in [0.15, 0.2) is 18.2 Å². The van der Waals surface area contributed by atoms with Gasteiger partial charge in [-0.2, -0.15) is 0 Å². The third kappa shape index (κ3) is 3.80. The van der Waals surface area contributed by atoms with Gasteiger partial charge in [-0.1, -0.05) is 20.8 Å². The van der Waals surface area contributed by atoms with E-state index in [4.69, 9.17) is 0 Å². The van der Waals surface area contributed by atoms with Gasteiger partial charge < -0.3 is 5.32 Å². The summed E-state index contributed by atoms with van der Waals surface area (Å²) < 4.78 is 0. The quantitative estimate of drug-likeness (QED) is 0.791. The minimum absolute atomic E-state index is 0.212. The summed E-state index contributed by atoms with van der Waals surface area (Å²) in [5.41, 5.74) is 1.01. The van der Waals surface area contributed by atoms with E-state index in [0.29, 0.717) is 29.6 Å². The summed E-state index contributed by atoms with van der Waals surface area (Å²) in [6.07, 6.45) is 2.40. The van der Waals surface area contributed by atoms with Crippen molar-refractivity contribution in [1.82, 2.24) is 15.5 Å². The number of likely N-dealkylation sites (tertiary alicyclic amines) is 1. The first kappa shape index (κ1) is 18.6. The summed E-state index contributed by atoms with van der Waals surface area (Å²) in [7, 11) is 0. The summed E-state index contributed by atoms with van der Waals surface area (Å²) in [5, 5.41) is 5.25. The SMILES string of the molecule is CC1CCN(C(CNC(=O)c2ccc3c(c2)C(=O)NC3=O)C(C)C)CC1. The lowest BCUT2D eigenvalue weighted by molar-refractivity contribution is 0.0860. The van der Waals surface area contributed by atoms with Crippen LogP contribution in [0.5, 0.6) is 0 Å². The van der Waals surface area contributed by atoms with Gasteiger partial charge in [0.15, 0.2) is 0 Å². The highest BCUT2D eigenvalue weighted by molar-refractivity contribution is 6.22. The molecule has 6 nitrogen and oxygen atoms in total. The molecule has 1 saturated heterocycles. The van der Waals surface area contributed by atoms with Gasteiger partial charge >= 0.3 is 0 Å². The van der Waals surface area contributed by atoms with Crippen molar-refractivity contribution in [1.29, 1.82) is 0 Å². The standard InChI is InChI=1S/C20H27N3O3/c1-12(2)17(23-8-6-13(3)7-9-23)11-21-18(24)14-4-5-15-16(10-14)20(26)22-19(15)25/h4-5,10,12-13,17H,6-9,11H2,1-3H3,(H,21,24)(H,22,25,26). The lowest BCUT2D eigenvalue weighted by Crippen LogP contribution is -2.49. The Labute approximate surface area is 154 Å². The molecular weight excluding hydrogens is 330 g/mol. The number of nitrogens with one attached hydrogen (secondary N) is 2. The number of imide groups is 1. The van der Waals surface area contributed by atoms with Gasteiger partial charge in [-0.15, -0.1) is 0 Å². The van der Waals surface area contributed by atoms with Crippen LogP contribution in [0, 0.1) is 11.8 Å². The summed E-state index contributed by atoms with van der Waals surface area (Å²) in [6.45, 7) is 9.37. The average molecular weight is 357 g/mol. The highest BCUT2D eigenvalue weighted by Crippen LogP contribution is 2.21. The van der Waals surface area contributed by atoms with Gasteiger partial charge in [0, 0.05) is 18.2 Å². The predicted molar refractivity (Wildman–Crippen MR) is 99.2 cm³/mol. The maximum absolute atomic E-state index is 12.5. The summed E-state index contributed by atoms with van der Waals surface area (Å²) in [5.74, 6) is 0.148. The van der Waals surface area contributed by atoms with Crippen molar-refractivity contribution in [3.05, 3.63) is 34.9 Å². The lowest BCUT2D eigenvalue weighted by Gasteiger charge is -2.38. The van der Waals surface area contributed by atoms with E-state index in [1.54, 1.807) is 6.07 Å². The van der Waals surface area contributed by atoms with E-state index in [-0.39, 0.29) is 11.5 Å². The van der Waals surface area contributed by atoms with E-state index in [1.807, 2.05) is 0 Å².